The lowest BCUT2D eigenvalue weighted by Gasteiger charge is -2.39. The maximum absolute atomic E-state index is 5.55. The van der Waals surface area contributed by atoms with E-state index in [4.69, 9.17) is 9.85 Å². The van der Waals surface area contributed by atoms with Crippen LogP contribution in [0.3, 0.4) is 0 Å². The Labute approximate surface area is 187 Å². The Hall–Kier alpha value is -2.36. The van der Waals surface area contributed by atoms with Gasteiger partial charge in [0.25, 0.3) is 0 Å². The Balaban J connectivity index is 2.08. The molecule has 1 unspecified atom stereocenters. The number of allylic oxidation sites excluding steroid dienone is 2. The summed E-state index contributed by atoms with van der Waals surface area (Å²) in [5, 5.41) is 6.11. The summed E-state index contributed by atoms with van der Waals surface area (Å²) < 4.78 is 10.2. The fourth-order valence-electron chi connectivity index (χ4n) is 5.06. The summed E-state index contributed by atoms with van der Waals surface area (Å²) in [7, 11) is 1.98. The van der Waals surface area contributed by atoms with Gasteiger partial charge in [0.15, 0.2) is 7.36 Å². The minimum Gasteiger partial charge on any atom is -0.346 e. The van der Waals surface area contributed by atoms with Crippen molar-refractivity contribution in [3.05, 3.63) is 70.7 Å². The molecule has 0 bridgehead atoms. The lowest BCUT2D eigenvalue weighted by atomic mass is 9.84. The van der Waals surface area contributed by atoms with Crippen LogP contribution in [0.1, 0.15) is 38.8 Å². The molecule has 31 heavy (non-hydrogen) atoms. The number of fused-ring (bicyclic) bond motifs is 1. The average Bonchev–Trinajstić information content (AvgIpc) is 3.16. The van der Waals surface area contributed by atoms with Crippen LogP contribution in [-0.4, -0.2) is 42.8 Å². The van der Waals surface area contributed by atoms with Gasteiger partial charge >= 0.3 is 0 Å². The van der Waals surface area contributed by atoms with Crippen molar-refractivity contribution in [2.45, 2.75) is 40.0 Å². The first-order valence-electron chi connectivity index (χ1n) is 11.1. The van der Waals surface area contributed by atoms with Crippen molar-refractivity contribution in [3.63, 3.8) is 0 Å². The van der Waals surface area contributed by atoms with E-state index in [1.807, 2.05) is 0 Å². The summed E-state index contributed by atoms with van der Waals surface area (Å²) in [6, 6.07) is 17.2. The molecule has 5 nitrogen and oxygen atoms in total. The first kappa shape index (κ1) is 21.9. The molecule has 0 fully saturated rings. The summed E-state index contributed by atoms with van der Waals surface area (Å²) in [6.07, 6.45) is 2.08. The first-order valence-corrected chi connectivity index (χ1v) is 12.7. The van der Waals surface area contributed by atoms with Gasteiger partial charge in [0.2, 0.25) is 0 Å². The van der Waals surface area contributed by atoms with Gasteiger partial charge in [0.05, 0.1) is 17.2 Å². The number of nitrogens with zero attached hydrogens (tertiary/aromatic N) is 5. The number of hydrogen-bond donors (Lipinski definition) is 0. The molecule has 0 amide bonds. The van der Waals surface area contributed by atoms with Crippen molar-refractivity contribution in [1.82, 2.24) is 9.45 Å². The molecule has 0 N–H and O–H groups in total. The molecule has 0 aliphatic carbocycles. The third-order valence-electron chi connectivity index (χ3n) is 6.67. The van der Waals surface area contributed by atoms with E-state index in [0.717, 1.165) is 18.8 Å². The number of benzene rings is 2. The highest BCUT2D eigenvalue weighted by Crippen LogP contribution is 2.69. The topological polar surface area (TPSA) is 34.4 Å². The lowest BCUT2D eigenvalue weighted by molar-refractivity contribution is 0.452. The number of aryl methyl sites for hydroxylation is 1. The highest BCUT2D eigenvalue weighted by atomic mass is 31.2. The van der Waals surface area contributed by atoms with Crippen LogP contribution in [0.15, 0.2) is 69.4 Å². The number of hydrazone groups is 1. The van der Waals surface area contributed by atoms with Gasteiger partial charge in [0, 0.05) is 44.0 Å². The van der Waals surface area contributed by atoms with E-state index in [-0.39, 0.29) is 5.41 Å². The van der Waals surface area contributed by atoms with Crippen molar-refractivity contribution < 1.29 is 0 Å². The van der Waals surface area contributed by atoms with E-state index in [1.165, 1.54) is 27.8 Å². The molecule has 2 heterocycles. The van der Waals surface area contributed by atoms with E-state index in [1.54, 1.807) is 0 Å². The third kappa shape index (κ3) is 3.18. The first-order chi connectivity index (χ1) is 14.8. The standard InChI is InChI=1S/C25H34N5P/c1-8-30(9-2)31(27-21-16-12-10-14-19(21)3)23(18-26-29(31)7)24-25(4,5)20-15-11-13-17-22(20)28(24)6/h10-18H,8-9H2,1-7H3. The van der Waals surface area contributed by atoms with Crippen molar-refractivity contribution >= 4 is 24.9 Å². The van der Waals surface area contributed by atoms with E-state index in [9.17, 15) is 0 Å². The van der Waals surface area contributed by atoms with Crippen LogP contribution >= 0.6 is 7.36 Å². The van der Waals surface area contributed by atoms with E-state index < -0.39 is 7.36 Å². The molecule has 1 atom stereocenters. The zero-order chi connectivity index (χ0) is 22.4. The van der Waals surface area contributed by atoms with Crippen molar-refractivity contribution in [1.29, 1.82) is 0 Å². The van der Waals surface area contributed by atoms with Crippen LogP contribution in [0.4, 0.5) is 11.4 Å². The molecule has 0 saturated carbocycles. The molecular weight excluding hydrogens is 401 g/mol. The summed E-state index contributed by atoms with van der Waals surface area (Å²) in [5.41, 5.74) is 6.05. The van der Waals surface area contributed by atoms with E-state index in [2.05, 4.69) is 118 Å². The summed E-state index contributed by atoms with van der Waals surface area (Å²) >= 11 is 0. The summed E-state index contributed by atoms with van der Waals surface area (Å²) in [6.45, 7) is 13.1. The molecule has 164 valence electrons. The average molecular weight is 436 g/mol. The van der Waals surface area contributed by atoms with Gasteiger partial charge in [-0.05, 0) is 30.2 Å². The second-order valence-electron chi connectivity index (χ2n) is 8.76. The van der Waals surface area contributed by atoms with Crippen LogP contribution in [-0.2, 0) is 5.41 Å². The lowest BCUT2D eigenvalue weighted by Crippen LogP contribution is -2.30. The van der Waals surface area contributed by atoms with Gasteiger partial charge in [-0.3, -0.25) is 0 Å². The van der Waals surface area contributed by atoms with Gasteiger partial charge < -0.3 is 4.90 Å². The van der Waals surface area contributed by atoms with Crippen LogP contribution in [0.5, 0.6) is 0 Å². The third-order valence-corrected chi connectivity index (χ3v) is 10.4. The molecule has 6 heteroatoms. The molecule has 2 aromatic carbocycles. The number of para-hydroxylation sites is 1. The molecule has 0 radical (unpaired) electrons. The Kier molecular flexibility index (Phi) is 5.61. The number of likely N-dealkylation sites (N-methyl/N-ethyl adjacent to an activating group) is 1. The maximum atomic E-state index is 5.55. The predicted molar refractivity (Wildman–Crippen MR) is 134 cm³/mol. The van der Waals surface area contributed by atoms with Gasteiger partial charge in [0.1, 0.15) is 0 Å². The normalized spacial score (nSPS) is 24.3. The number of hydrogen-bond acceptors (Lipinski definition) is 3. The maximum Gasteiger partial charge on any atom is 0.174 e. The molecule has 0 spiro atoms. The number of anilines is 1. The quantitative estimate of drug-likeness (QED) is 0.510. The second kappa shape index (κ2) is 7.96. The number of rotatable bonds is 4. The molecule has 2 aromatic rings. The highest BCUT2D eigenvalue weighted by molar-refractivity contribution is 7.67. The Morgan fingerprint density at radius 1 is 1.00 bits per heavy atom. The monoisotopic (exact) mass is 435 g/mol. The molecular formula is C25H34N5P. The Morgan fingerprint density at radius 2 is 1.65 bits per heavy atom. The molecule has 4 rings (SSSR count). The molecule has 2 aliphatic heterocycles. The molecule has 0 saturated heterocycles. The fraction of sp³-hybridized carbons (Fsp3) is 0.400. The van der Waals surface area contributed by atoms with E-state index in [0.29, 0.717) is 0 Å². The van der Waals surface area contributed by atoms with Gasteiger partial charge in [-0.25, -0.2) is 14.2 Å². The van der Waals surface area contributed by atoms with E-state index >= 15 is 0 Å². The van der Waals surface area contributed by atoms with Gasteiger partial charge in [-0.15, -0.1) is 0 Å². The fourth-order valence-corrected chi connectivity index (χ4v) is 8.84. The van der Waals surface area contributed by atoms with Crippen molar-refractivity contribution in [2.75, 3.05) is 32.1 Å². The van der Waals surface area contributed by atoms with Crippen LogP contribution in [0.2, 0.25) is 0 Å². The Morgan fingerprint density at radius 3 is 2.29 bits per heavy atom. The smallest absolute Gasteiger partial charge is 0.174 e. The van der Waals surface area contributed by atoms with Gasteiger partial charge in [-0.2, -0.15) is 5.10 Å². The van der Waals surface area contributed by atoms with Crippen molar-refractivity contribution in [2.24, 2.45) is 9.85 Å². The highest BCUT2D eigenvalue weighted by Gasteiger charge is 2.47. The summed E-state index contributed by atoms with van der Waals surface area (Å²) in [4.78, 5) is 2.36. The van der Waals surface area contributed by atoms with Crippen LogP contribution in [0.25, 0.3) is 0 Å². The molecule has 0 aromatic heterocycles. The SMILES string of the molecule is CCN(CC)P1(=Nc2ccccc2C)C(=C2N(C)c3ccccc3C2(C)C)C=NN1C. The van der Waals surface area contributed by atoms with Crippen LogP contribution in [0, 0.1) is 6.92 Å². The predicted octanol–water partition coefficient (Wildman–Crippen LogP) is 6.57. The Bertz CT molecular complexity index is 1110. The minimum atomic E-state index is -2.29. The largest absolute Gasteiger partial charge is 0.346 e. The molecule has 2 aliphatic rings. The minimum absolute atomic E-state index is 0.127. The zero-order valence-electron chi connectivity index (χ0n) is 19.8. The van der Waals surface area contributed by atoms with Gasteiger partial charge in [-0.1, -0.05) is 64.1 Å². The second-order valence-corrected chi connectivity index (χ2v) is 11.7. The summed E-state index contributed by atoms with van der Waals surface area (Å²) in [5.74, 6) is 0. The zero-order valence-corrected chi connectivity index (χ0v) is 20.7. The van der Waals surface area contributed by atoms with Crippen molar-refractivity contribution in [3.8, 4) is 0 Å². The van der Waals surface area contributed by atoms with Crippen LogP contribution < -0.4 is 4.90 Å².